The molecule has 0 aliphatic heterocycles. The Bertz CT molecular complexity index is 20.0. The molecule has 0 radical (unpaired) electrons. The topological polar surface area (TPSA) is 17.1 Å². The third-order valence-corrected chi connectivity index (χ3v) is 0.866. The van der Waals surface area contributed by atoms with Crippen molar-refractivity contribution in [1.82, 2.24) is 0 Å². The molecule has 0 aliphatic carbocycles. The van der Waals surface area contributed by atoms with Crippen molar-refractivity contribution in [3.8, 4) is 0 Å². The Balaban J connectivity index is 2.30. The summed E-state index contributed by atoms with van der Waals surface area (Å²) in [5, 5.41) is 0. The Labute approximate surface area is 33.0 Å². The summed E-state index contributed by atoms with van der Waals surface area (Å²) in [6, 6.07) is 0. The van der Waals surface area contributed by atoms with Crippen LogP contribution >= 0.6 is 0 Å². The van der Waals surface area contributed by atoms with E-state index < -0.39 is 17.1 Å². The van der Waals surface area contributed by atoms with Crippen LogP contribution in [0.15, 0.2) is 0 Å². The normalized spacial score (nSPS) is 4.25. The van der Waals surface area contributed by atoms with E-state index in [-0.39, 0.29) is 0 Å². The van der Waals surface area contributed by atoms with Crippen molar-refractivity contribution < 1.29 is 21.9 Å². The van der Waals surface area contributed by atoms with Gasteiger partial charge in [0.05, 0.1) is 0 Å². The Morgan fingerprint density at radius 1 is 2.00 bits per heavy atom. The van der Waals surface area contributed by atoms with E-state index in [1.807, 2.05) is 5.52 Å². The van der Waals surface area contributed by atoms with E-state index in [1.54, 1.807) is 0 Å². The van der Waals surface area contributed by atoms with E-state index in [0.717, 1.165) is 4.88 Å². The fourth-order valence-electron chi connectivity index (χ4n) is 0. The summed E-state index contributed by atoms with van der Waals surface area (Å²) in [6.07, 6.45) is 0. The molecule has 0 atom stereocenters. The van der Waals surface area contributed by atoms with Crippen LogP contribution in [0, 0.1) is 0 Å². The monoisotopic (exact) mass is 108 g/mol. The Hall–Kier alpha value is 0.293. The Kier molecular flexibility index (Phi) is 3.53. The molecule has 0 aromatic heterocycles. The summed E-state index contributed by atoms with van der Waals surface area (Å²) >= 11 is -0.569. The minimum absolute atomic E-state index is 0.569. The van der Waals surface area contributed by atoms with Crippen molar-refractivity contribution >= 4 is 4.88 Å². The van der Waals surface area contributed by atoms with Gasteiger partial charge >= 0.3 is 32.3 Å². The van der Waals surface area contributed by atoms with Crippen LogP contribution in [0.25, 0.3) is 0 Å². The number of carbonyl (C=O) groups is 1. The van der Waals surface area contributed by atoms with Gasteiger partial charge < -0.3 is 0 Å². The molecule has 0 aromatic rings. The van der Waals surface area contributed by atoms with E-state index in [4.69, 9.17) is 0 Å². The molecule has 0 N–H and O–H groups in total. The quantitative estimate of drug-likeness (QED) is 0.350. The molecular weight excluding hydrogens is 105 g/mol. The molecule has 1 nitrogen and oxygen atoms in total. The molecule has 0 fully saturated rings. The van der Waals surface area contributed by atoms with Crippen LogP contribution in [-0.4, -0.2) is 4.88 Å². The standard InChI is InChI=1S/CHO.CH3.Zn/c1-2;;/h1H;1H3;. The van der Waals surface area contributed by atoms with Crippen LogP contribution in [-0.2, 0) is 21.9 Å². The molecule has 0 aromatic carbocycles. The third-order valence-electron chi connectivity index (χ3n) is 0.167. The predicted octanol–water partition coefficient (Wildman–Crippen LogP) is 0.307. The molecule has 0 saturated heterocycles. The summed E-state index contributed by atoms with van der Waals surface area (Å²) in [5.74, 6) is 0. The van der Waals surface area contributed by atoms with Crippen LogP contribution in [0.5, 0.6) is 0 Å². The van der Waals surface area contributed by atoms with Gasteiger partial charge in [-0.3, -0.25) is 0 Å². The molecule has 0 spiro atoms. The zero-order chi connectivity index (χ0) is 3.41. The zero-order valence-corrected chi connectivity index (χ0v) is 5.66. The van der Waals surface area contributed by atoms with Crippen LogP contribution in [0.3, 0.4) is 0 Å². The number of rotatable bonds is 1. The fraction of sp³-hybridized carbons (Fsp3) is 0.500. The molecule has 20 valence electrons. The Morgan fingerprint density at radius 3 is 2.25 bits per heavy atom. The van der Waals surface area contributed by atoms with Gasteiger partial charge in [0.2, 0.25) is 0 Å². The molecule has 0 aliphatic rings. The van der Waals surface area contributed by atoms with Gasteiger partial charge in [-0.2, -0.15) is 0 Å². The van der Waals surface area contributed by atoms with E-state index in [0.29, 0.717) is 0 Å². The van der Waals surface area contributed by atoms with Crippen LogP contribution in [0.1, 0.15) is 0 Å². The second-order valence-electron chi connectivity index (χ2n) is 0.575. The number of hydrogen-bond donors (Lipinski definition) is 0. The van der Waals surface area contributed by atoms with Crippen molar-refractivity contribution in [2.24, 2.45) is 0 Å². The second kappa shape index (κ2) is 3.29. The van der Waals surface area contributed by atoms with Crippen molar-refractivity contribution in [2.45, 2.75) is 5.52 Å². The molecule has 4 heavy (non-hydrogen) atoms. The van der Waals surface area contributed by atoms with Gasteiger partial charge in [-0.25, -0.2) is 0 Å². The van der Waals surface area contributed by atoms with Gasteiger partial charge in [0.15, 0.2) is 0 Å². The zero-order valence-electron chi connectivity index (χ0n) is 2.69. The first kappa shape index (κ1) is 4.29. The first-order valence-corrected chi connectivity index (χ1v) is 6.03. The van der Waals surface area contributed by atoms with Crippen LogP contribution in [0.4, 0.5) is 0 Å². The number of hydrogen-bond acceptors (Lipinski definition) is 1. The Morgan fingerprint density at radius 2 is 2.25 bits per heavy atom. The van der Waals surface area contributed by atoms with Gasteiger partial charge in [-0.05, 0) is 0 Å². The summed E-state index contributed by atoms with van der Waals surface area (Å²) in [4.78, 5) is 10.3. The van der Waals surface area contributed by atoms with Crippen molar-refractivity contribution in [1.29, 1.82) is 0 Å². The molecule has 0 bridgehead atoms. The number of carbonyl (C=O) groups excluding carboxylic acids is 1. The molecule has 0 unspecified atom stereocenters. The first-order chi connectivity index (χ1) is 1.91. The van der Waals surface area contributed by atoms with E-state index >= 15 is 0 Å². The average Bonchev–Trinajstić information content (AvgIpc) is 1.37. The first-order valence-electron chi connectivity index (χ1n) is 1.35. The summed E-state index contributed by atoms with van der Waals surface area (Å²) < 4.78 is 0. The van der Waals surface area contributed by atoms with Crippen molar-refractivity contribution in [2.75, 3.05) is 0 Å². The predicted molar refractivity (Wildman–Crippen MR) is 12.6 cm³/mol. The van der Waals surface area contributed by atoms with Crippen LogP contribution < -0.4 is 0 Å². The molecule has 0 saturated carbocycles. The van der Waals surface area contributed by atoms with E-state index in [2.05, 4.69) is 0 Å². The van der Waals surface area contributed by atoms with E-state index in [1.165, 1.54) is 0 Å². The third kappa shape index (κ3) is 2.29. The van der Waals surface area contributed by atoms with Gasteiger partial charge in [0.1, 0.15) is 0 Å². The van der Waals surface area contributed by atoms with Gasteiger partial charge in [-0.1, -0.05) is 0 Å². The van der Waals surface area contributed by atoms with Crippen molar-refractivity contribution in [3.63, 3.8) is 0 Å². The van der Waals surface area contributed by atoms with Crippen molar-refractivity contribution in [3.05, 3.63) is 0 Å². The average molecular weight is 109 g/mol. The summed E-state index contributed by atoms with van der Waals surface area (Å²) in [7, 11) is 0. The molecule has 0 heterocycles. The fourth-order valence-corrected chi connectivity index (χ4v) is 0. The molecular formula is C2H4OZn. The summed E-state index contributed by atoms with van der Waals surface area (Å²) in [6.45, 7) is 0. The van der Waals surface area contributed by atoms with Gasteiger partial charge in [0, 0.05) is 0 Å². The SMILES string of the molecule is [CH3][Zn][CH]=O. The maximum absolute atomic E-state index is 9.26. The van der Waals surface area contributed by atoms with E-state index in [9.17, 15) is 4.79 Å². The minimum atomic E-state index is -0.569. The molecule has 0 rings (SSSR count). The molecule has 2 heteroatoms. The van der Waals surface area contributed by atoms with Gasteiger partial charge in [0.25, 0.3) is 0 Å². The second-order valence-corrected chi connectivity index (χ2v) is 2.99. The van der Waals surface area contributed by atoms with Gasteiger partial charge in [-0.15, -0.1) is 0 Å². The summed E-state index contributed by atoms with van der Waals surface area (Å²) in [5.41, 5.74) is 2.00. The maximum atomic E-state index is 9.26. The molecule has 0 amide bonds. The van der Waals surface area contributed by atoms with Crippen LogP contribution in [0.2, 0.25) is 5.52 Å².